The lowest BCUT2D eigenvalue weighted by atomic mass is 10.1. The van der Waals surface area contributed by atoms with Crippen molar-refractivity contribution in [3.05, 3.63) is 46.5 Å². The maximum Gasteiger partial charge on any atom is 0.257 e. The molecule has 1 aromatic carbocycles. The predicted molar refractivity (Wildman–Crippen MR) is 85.8 cm³/mol. The molecule has 3 rings (SSSR count). The van der Waals surface area contributed by atoms with E-state index in [1.54, 1.807) is 0 Å². The number of thiazole rings is 1. The molecule has 1 amide bonds. The Labute approximate surface area is 128 Å². The number of nitrogens with zero attached hydrogens (tertiary/aromatic N) is 2. The number of aromatic nitrogens is 1. The average Bonchev–Trinajstić information content (AvgIpc) is 3.11. The molecule has 0 atom stereocenters. The maximum absolute atomic E-state index is 12.3. The fourth-order valence-corrected chi connectivity index (χ4v) is 3.27. The van der Waals surface area contributed by atoms with Crippen LogP contribution in [0.25, 0.3) is 0 Å². The van der Waals surface area contributed by atoms with Crippen LogP contribution in [0.5, 0.6) is 0 Å². The average molecular weight is 301 g/mol. The van der Waals surface area contributed by atoms with Crippen LogP contribution in [0.15, 0.2) is 29.6 Å². The quantitative estimate of drug-likeness (QED) is 0.942. The van der Waals surface area contributed by atoms with Crippen molar-refractivity contribution in [1.82, 2.24) is 9.88 Å². The SMILES string of the molecule is Cc1csc(NC(=O)c2cccc(CN3CCCC3)c2)n1. The molecule has 5 heteroatoms. The first-order chi connectivity index (χ1) is 10.2. The molecule has 1 aliphatic rings. The molecule has 0 unspecified atom stereocenters. The van der Waals surface area contributed by atoms with Crippen LogP contribution in [0.2, 0.25) is 0 Å². The number of hydrogen-bond acceptors (Lipinski definition) is 4. The third-order valence-electron chi connectivity index (χ3n) is 3.63. The molecule has 0 radical (unpaired) electrons. The van der Waals surface area contributed by atoms with Gasteiger partial charge < -0.3 is 0 Å². The van der Waals surface area contributed by atoms with E-state index in [2.05, 4.69) is 21.3 Å². The van der Waals surface area contributed by atoms with Crippen LogP contribution in [0.3, 0.4) is 0 Å². The van der Waals surface area contributed by atoms with E-state index in [0.717, 1.165) is 25.3 Å². The van der Waals surface area contributed by atoms with Gasteiger partial charge in [-0.1, -0.05) is 12.1 Å². The van der Waals surface area contributed by atoms with Gasteiger partial charge in [-0.05, 0) is 50.6 Å². The van der Waals surface area contributed by atoms with E-state index in [1.807, 2.05) is 30.5 Å². The number of carbonyl (C=O) groups is 1. The second-order valence-corrected chi connectivity index (χ2v) is 6.29. The largest absolute Gasteiger partial charge is 0.299 e. The summed E-state index contributed by atoms with van der Waals surface area (Å²) in [4.78, 5) is 18.9. The number of rotatable bonds is 4. The van der Waals surface area contributed by atoms with Gasteiger partial charge in [-0.3, -0.25) is 15.0 Å². The minimum atomic E-state index is -0.0902. The highest BCUT2D eigenvalue weighted by molar-refractivity contribution is 7.13. The van der Waals surface area contributed by atoms with Gasteiger partial charge in [0.25, 0.3) is 5.91 Å². The molecule has 0 aliphatic carbocycles. The van der Waals surface area contributed by atoms with Gasteiger partial charge in [0.05, 0.1) is 5.69 Å². The van der Waals surface area contributed by atoms with Gasteiger partial charge in [-0.15, -0.1) is 11.3 Å². The number of nitrogens with one attached hydrogen (secondary N) is 1. The summed E-state index contributed by atoms with van der Waals surface area (Å²) in [5, 5.41) is 5.44. The summed E-state index contributed by atoms with van der Waals surface area (Å²) >= 11 is 1.45. The molecule has 1 fully saturated rings. The number of hydrogen-bond donors (Lipinski definition) is 1. The molecule has 1 N–H and O–H groups in total. The highest BCUT2D eigenvalue weighted by Gasteiger charge is 2.13. The zero-order valence-electron chi connectivity index (χ0n) is 12.1. The van der Waals surface area contributed by atoms with Crippen molar-refractivity contribution >= 4 is 22.4 Å². The smallest absolute Gasteiger partial charge is 0.257 e. The molecule has 0 bridgehead atoms. The Morgan fingerprint density at radius 3 is 2.90 bits per heavy atom. The Balaban J connectivity index is 1.68. The standard InChI is InChI=1S/C16H19N3OS/c1-12-11-21-16(17-12)18-15(20)14-6-4-5-13(9-14)10-19-7-2-3-8-19/h4-6,9,11H,2-3,7-8,10H2,1H3,(H,17,18,20). The predicted octanol–water partition coefficient (Wildman–Crippen LogP) is 3.30. The Hall–Kier alpha value is -1.72. The fraction of sp³-hybridized carbons (Fsp3) is 0.375. The summed E-state index contributed by atoms with van der Waals surface area (Å²) in [6.07, 6.45) is 2.56. The lowest BCUT2D eigenvalue weighted by Gasteiger charge is -2.14. The van der Waals surface area contributed by atoms with Crippen LogP contribution in [-0.4, -0.2) is 28.9 Å². The monoisotopic (exact) mass is 301 g/mol. The zero-order chi connectivity index (χ0) is 14.7. The Bertz CT molecular complexity index is 632. The Kier molecular flexibility index (Phi) is 4.31. The molecule has 1 aliphatic heterocycles. The number of likely N-dealkylation sites (tertiary alicyclic amines) is 1. The number of anilines is 1. The molecule has 21 heavy (non-hydrogen) atoms. The third-order valence-corrected chi connectivity index (χ3v) is 4.51. The lowest BCUT2D eigenvalue weighted by molar-refractivity contribution is 0.102. The molecule has 110 valence electrons. The van der Waals surface area contributed by atoms with Crippen LogP contribution in [0.1, 0.15) is 34.5 Å². The van der Waals surface area contributed by atoms with Gasteiger partial charge in [-0.2, -0.15) is 0 Å². The normalized spacial score (nSPS) is 15.3. The lowest BCUT2D eigenvalue weighted by Crippen LogP contribution is -2.19. The van der Waals surface area contributed by atoms with Gasteiger partial charge in [0.15, 0.2) is 5.13 Å². The van der Waals surface area contributed by atoms with Crippen LogP contribution < -0.4 is 5.32 Å². The molecule has 0 saturated carbocycles. The van der Waals surface area contributed by atoms with Crippen molar-refractivity contribution in [2.24, 2.45) is 0 Å². The molecule has 2 heterocycles. The number of aryl methyl sites for hydroxylation is 1. The maximum atomic E-state index is 12.3. The first kappa shape index (κ1) is 14.2. The van der Waals surface area contributed by atoms with Crippen molar-refractivity contribution < 1.29 is 4.79 Å². The van der Waals surface area contributed by atoms with Crippen LogP contribution in [-0.2, 0) is 6.54 Å². The summed E-state index contributed by atoms with van der Waals surface area (Å²) < 4.78 is 0. The van der Waals surface area contributed by atoms with E-state index in [-0.39, 0.29) is 5.91 Å². The molecular formula is C16H19N3OS. The number of carbonyl (C=O) groups excluding carboxylic acids is 1. The van der Waals surface area contributed by atoms with E-state index < -0.39 is 0 Å². The highest BCUT2D eigenvalue weighted by atomic mass is 32.1. The second-order valence-electron chi connectivity index (χ2n) is 5.43. The van der Waals surface area contributed by atoms with Crippen molar-refractivity contribution in [2.75, 3.05) is 18.4 Å². The van der Waals surface area contributed by atoms with E-state index in [4.69, 9.17) is 0 Å². The Morgan fingerprint density at radius 2 is 2.19 bits per heavy atom. The number of benzene rings is 1. The zero-order valence-corrected chi connectivity index (χ0v) is 12.9. The topological polar surface area (TPSA) is 45.2 Å². The van der Waals surface area contributed by atoms with Crippen molar-refractivity contribution in [1.29, 1.82) is 0 Å². The first-order valence-electron chi connectivity index (χ1n) is 7.25. The molecule has 0 spiro atoms. The van der Waals surface area contributed by atoms with Gasteiger partial charge in [0.2, 0.25) is 0 Å². The summed E-state index contributed by atoms with van der Waals surface area (Å²) in [6.45, 7) is 5.17. The van der Waals surface area contributed by atoms with Gasteiger partial charge in [0, 0.05) is 17.5 Å². The van der Waals surface area contributed by atoms with Gasteiger partial charge in [-0.25, -0.2) is 4.98 Å². The molecule has 4 nitrogen and oxygen atoms in total. The van der Waals surface area contributed by atoms with E-state index in [1.165, 1.54) is 29.7 Å². The summed E-state index contributed by atoms with van der Waals surface area (Å²) in [6, 6.07) is 7.87. The van der Waals surface area contributed by atoms with Crippen molar-refractivity contribution in [3.63, 3.8) is 0 Å². The molecule has 1 aromatic heterocycles. The molecule has 2 aromatic rings. The third kappa shape index (κ3) is 3.68. The summed E-state index contributed by atoms with van der Waals surface area (Å²) in [7, 11) is 0. The van der Waals surface area contributed by atoms with Crippen LogP contribution >= 0.6 is 11.3 Å². The number of amides is 1. The van der Waals surface area contributed by atoms with E-state index >= 15 is 0 Å². The summed E-state index contributed by atoms with van der Waals surface area (Å²) in [5.41, 5.74) is 2.82. The Morgan fingerprint density at radius 1 is 1.38 bits per heavy atom. The molecule has 1 saturated heterocycles. The summed E-state index contributed by atoms with van der Waals surface area (Å²) in [5.74, 6) is -0.0902. The van der Waals surface area contributed by atoms with Crippen molar-refractivity contribution in [2.45, 2.75) is 26.3 Å². The first-order valence-corrected chi connectivity index (χ1v) is 8.13. The second kappa shape index (κ2) is 6.37. The fourth-order valence-electron chi connectivity index (χ4n) is 2.59. The minimum absolute atomic E-state index is 0.0902. The highest BCUT2D eigenvalue weighted by Crippen LogP contribution is 2.17. The van der Waals surface area contributed by atoms with E-state index in [0.29, 0.717) is 10.7 Å². The minimum Gasteiger partial charge on any atom is -0.299 e. The van der Waals surface area contributed by atoms with Gasteiger partial charge in [0.1, 0.15) is 0 Å². The van der Waals surface area contributed by atoms with E-state index in [9.17, 15) is 4.79 Å². The van der Waals surface area contributed by atoms with Crippen LogP contribution in [0, 0.1) is 6.92 Å². The molecular weight excluding hydrogens is 282 g/mol. The van der Waals surface area contributed by atoms with Crippen LogP contribution in [0.4, 0.5) is 5.13 Å². The van der Waals surface area contributed by atoms with Crippen molar-refractivity contribution in [3.8, 4) is 0 Å². The van der Waals surface area contributed by atoms with Gasteiger partial charge >= 0.3 is 0 Å².